The zero-order valence-corrected chi connectivity index (χ0v) is 34.0. The van der Waals surface area contributed by atoms with Crippen LogP contribution in [0, 0.1) is 0 Å². The van der Waals surface area contributed by atoms with E-state index in [0.29, 0.717) is 17.5 Å². The molecule has 63 heavy (non-hydrogen) atoms. The van der Waals surface area contributed by atoms with E-state index in [1.807, 2.05) is 36.4 Å². The van der Waals surface area contributed by atoms with E-state index in [-0.39, 0.29) is 0 Å². The van der Waals surface area contributed by atoms with Gasteiger partial charge in [-0.3, -0.25) is 0 Å². The van der Waals surface area contributed by atoms with Gasteiger partial charge in [0.1, 0.15) is 0 Å². The van der Waals surface area contributed by atoms with Crippen LogP contribution in [0.2, 0.25) is 0 Å². The van der Waals surface area contributed by atoms with Gasteiger partial charge in [-0.05, 0) is 66.7 Å². The van der Waals surface area contributed by atoms with Crippen molar-refractivity contribution < 1.29 is 0 Å². The summed E-state index contributed by atoms with van der Waals surface area (Å²) < 4.78 is 7.25. The van der Waals surface area contributed by atoms with Gasteiger partial charge < -0.3 is 13.7 Å². The van der Waals surface area contributed by atoms with E-state index in [2.05, 4.69) is 196 Å². The summed E-state index contributed by atoms with van der Waals surface area (Å²) in [5, 5.41) is 6.97. The molecule has 13 rings (SSSR count). The van der Waals surface area contributed by atoms with Crippen molar-refractivity contribution in [3.8, 4) is 51.2 Å². The van der Waals surface area contributed by atoms with Crippen LogP contribution in [0.3, 0.4) is 0 Å². The largest absolute Gasteiger partial charge is 0.309 e. The molecule has 0 fully saturated rings. The summed E-state index contributed by atoms with van der Waals surface area (Å²) in [4.78, 5) is 15.8. The van der Waals surface area contributed by atoms with Gasteiger partial charge in [0.05, 0.1) is 33.1 Å². The minimum Gasteiger partial charge on any atom is -0.309 e. The molecule has 0 atom stereocenters. The number of nitrogens with zero attached hydrogens (tertiary/aromatic N) is 6. The third kappa shape index (κ3) is 5.41. The third-order valence-electron chi connectivity index (χ3n) is 12.5. The molecule has 0 spiro atoms. The minimum absolute atomic E-state index is 0.613. The molecule has 13 aromatic rings. The van der Waals surface area contributed by atoms with E-state index >= 15 is 0 Å². The van der Waals surface area contributed by atoms with Crippen molar-refractivity contribution in [2.75, 3.05) is 0 Å². The Morgan fingerprint density at radius 2 is 0.698 bits per heavy atom. The Kier molecular flexibility index (Phi) is 7.80. The molecule has 0 N–H and O–H groups in total. The normalized spacial score (nSPS) is 11.8. The quantitative estimate of drug-likeness (QED) is 0.168. The summed E-state index contributed by atoms with van der Waals surface area (Å²) in [5.74, 6) is 1.86. The predicted molar refractivity (Wildman–Crippen MR) is 259 cm³/mol. The molecule has 0 radical (unpaired) electrons. The Bertz CT molecular complexity index is 3830. The molecule has 0 saturated heterocycles. The number of rotatable bonds is 6. The van der Waals surface area contributed by atoms with Crippen molar-refractivity contribution in [2.45, 2.75) is 0 Å². The molecule has 0 amide bonds. The van der Waals surface area contributed by atoms with Crippen molar-refractivity contribution in [1.29, 1.82) is 0 Å². The fourth-order valence-corrected chi connectivity index (χ4v) is 9.77. The number of para-hydroxylation sites is 5. The molecule has 6 nitrogen and oxygen atoms in total. The summed E-state index contributed by atoms with van der Waals surface area (Å²) >= 11 is 0. The Morgan fingerprint density at radius 3 is 1.30 bits per heavy atom. The van der Waals surface area contributed by atoms with E-state index in [9.17, 15) is 0 Å². The summed E-state index contributed by atoms with van der Waals surface area (Å²) in [6.07, 6.45) is 0. The Balaban J connectivity index is 1.19. The number of aromatic nitrogens is 6. The van der Waals surface area contributed by atoms with Crippen LogP contribution in [-0.2, 0) is 0 Å². The summed E-state index contributed by atoms with van der Waals surface area (Å²) in [6, 6.07) is 77.3. The van der Waals surface area contributed by atoms with Crippen LogP contribution in [0.5, 0.6) is 0 Å². The first-order chi connectivity index (χ1) is 31.3. The van der Waals surface area contributed by atoms with Gasteiger partial charge in [0.25, 0.3) is 0 Å². The average molecular weight is 805 g/mol. The van der Waals surface area contributed by atoms with Gasteiger partial charge >= 0.3 is 0 Å². The highest BCUT2D eigenvalue weighted by Gasteiger charge is 2.26. The first kappa shape index (κ1) is 35.2. The maximum Gasteiger partial charge on any atom is 0.166 e. The van der Waals surface area contributed by atoms with Crippen molar-refractivity contribution in [1.82, 2.24) is 28.7 Å². The lowest BCUT2D eigenvalue weighted by Crippen LogP contribution is -2.02. The molecule has 0 saturated carbocycles. The van der Waals surface area contributed by atoms with E-state index in [4.69, 9.17) is 15.0 Å². The van der Waals surface area contributed by atoms with Gasteiger partial charge in [0.2, 0.25) is 0 Å². The number of hydrogen-bond donors (Lipinski definition) is 0. The van der Waals surface area contributed by atoms with Gasteiger partial charge in [-0.2, -0.15) is 0 Å². The van der Waals surface area contributed by atoms with Crippen LogP contribution in [0.1, 0.15) is 0 Å². The second kappa shape index (κ2) is 14.0. The van der Waals surface area contributed by atoms with Gasteiger partial charge in [-0.1, -0.05) is 152 Å². The smallest absolute Gasteiger partial charge is 0.166 e. The first-order valence-corrected chi connectivity index (χ1v) is 21.3. The number of fused-ring (bicyclic) bond motifs is 10. The molecule has 0 aliphatic heterocycles. The van der Waals surface area contributed by atoms with E-state index in [1.54, 1.807) is 0 Å². The highest BCUT2D eigenvalue weighted by Crippen LogP contribution is 2.46. The first-order valence-electron chi connectivity index (χ1n) is 21.3. The number of benzene rings is 9. The monoisotopic (exact) mass is 804 g/mol. The lowest BCUT2D eigenvalue weighted by Gasteiger charge is -2.15. The van der Waals surface area contributed by atoms with Gasteiger partial charge in [-0.15, -0.1) is 0 Å². The zero-order chi connectivity index (χ0) is 41.4. The van der Waals surface area contributed by atoms with Crippen molar-refractivity contribution in [2.24, 2.45) is 0 Å². The molecule has 0 aliphatic carbocycles. The zero-order valence-electron chi connectivity index (χ0n) is 34.0. The van der Waals surface area contributed by atoms with Crippen LogP contribution < -0.4 is 0 Å². The Hall–Kier alpha value is -8.61. The topological polar surface area (TPSA) is 53.5 Å². The summed E-state index contributed by atoms with van der Waals surface area (Å²) in [6.45, 7) is 0. The molecule has 4 aromatic heterocycles. The molecular formula is C57H36N6. The molecule has 0 aliphatic rings. The summed E-state index contributed by atoms with van der Waals surface area (Å²) in [7, 11) is 0. The highest BCUT2D eigenvalue weighted by atomic mass is 15.1. The Labute approximate surface area is 362 Å². The molecule has 4 heterocycles. The van der Waals surface area contributed by atoms with Crippen LogP contribution in [-0.4, -0.2) is 28.7 Å². The van der Waals surface area contributed by atoms with Crippen molar-refractivity contribution in [3.05, 3.63) is 218 Å². The molecule has 0 unspecified atom stereocenters. The van der Waals surface area contributed by atoms with Gasteiger partial charge in [-0.25, -0.2) is 15.0 Å². The maximum atomic E-state index is 5.35. The minimum atomic E-state index is 0.613. The predicted octanol–water partition coefficient (Wildman–Crippen LogP) is 14.2. The second-order valence-corrected chi connectivity index (χ2v) is 16.0. The van der Waals surface area contributed by atoms with Gasteiger partial charge in [0, 0.05) is 66.1 Å². The second-order valence-electron chi connectivity index (χ2n) is 16.0. The highest BCUT2D eigenvalue weighted by molar-refractivity contribution is 6.29. The average Bonchev–Trinajstić information content (AvgIpc) is 4.00. The molecule has 0 bridgehead atoms. The fourth-order valence-electron chi connectivity index (χ4n) is 9.77. The third-order valence-corrected chi connectivity index (χ3v) is 12.5. The molecule has 6 heteroatoms. The van der Waals surface area contributed by atoms with Crippen LogP contribution in [0.4, 0.5) is 0 Å². The van der Waals surface area contributed by atoms with E-state index in [1.165, 1.54) is 21.8 Å². The molecular weight excluding hydrogens is 769 g/mol. The standard InChI is InChI=1S/C57H36N6/c1-5-19-37(20-6-1)55-58-56(38-21-7-2-8-22-38)60-57(59-55)47-36-46-43-28-14-17-31-49(43)63(53(46)52-44-29-15-18-32-50(44)62(54(47)52)40-25-11-4-12-26-40)41-33-34-51-45(35-41)42-27-13-16-30-48(42)61(51)39-23-9-3-10-24-39/h1-36H. The van der Waals surface area contributed by atoms with Crippen molar-refractivity contribution in [3.63, 3.8) is 0 Å². The van der Waals surface area contributed by atoms with Crippen molar-refractivity contribution >= 4 is 65.4 Å². The number of hydrogen-bond acceptors (Lipinski definition) is 3. The van der Waals surface area contributed by atoms with Crippen LogP contribution >= 0.6 is 0 Å². The van der Waals surface area contributed by atoms with Crippen LogP contribution in [0.15, 0.2) is 218 Å². The SMILES string of the molecule is c1ccc(-c2nc(-c3ccccc3)nc(-c3cc4c5ccccc5n(-c5ccc6c(c5)c5ccccc5n6-c5ccccc5)c4c4c5ccccc5n(-c5ccccc5)c34)n2)cc1. The van der Waals surface area contributed by atoms with E-state index in [0.717, 1.165) is 77.4 Å². The lowest BCUT2D eigenvalue weighted by molar-refractivity contribution is 1.07. The fraction of sp³-hybridized carbons (Fsp3) is 0. The lowest BCUT2D eigenvalue weighted by atomic mass is 10.0. The van der Waals surface area contributed by atoms with E-state index < -0.39 is 0 Å². The summed E-state index contributed by atoms with van der Waals surface area (Å²) in [5.41, 5.74) is 12.8. The Morgan fingerprint density at radius 1 is 0.270 bits per heavy atom. The molecule has 294 valence electrons. The van der Waals surface area contributed by atoms with Gasteiger partial charge in [0.15, 0.2) is 17.5 Å². The maximum absolute atomic E-state index is 5.35. The molecule has 9 aromatic carbocycles. The van der Waals surface area contributed by atoms with Crippen LogP contribution in [0.25, 0.3) is 117 Å².